The fraction of sp³-hybridized carbons (Fsp3) is 0.351. The fourth-order valence-electron chi connectivity index (χ4n) is 6.89. The average Bonchev–Trinajstić information content (AvgIpc) is 2.94. The first kappa shape index (κ1) is 29.7. The second-order valence-corrected chi connectivity index (χ2v) is 14.5. The van der Waals surface area contributed by atoms with Gasteiger partial charge in [-0.15, -0.1) is 0 Å². The summed E-state index contributed by atoms with van der Waals surface area (Å²) in [7, 11) is 0. The van der Waals surface area contributed by atoms with Crippen molar-refractivity contribution in [1.82, 2.24) is 4.90 Å². The Bertz CT molecular complexity index is 1600. The number of halogens is 2. The molecule has 0 atom stereocenters. The third-order valence-corrected chi connectivity index (χ3v) is 9.55. The van der Waals surface area contributed by atoms with Crippen molar-refractivity contribution < 1.29 is 14.3 Å². The van der Waals surface area contributed by atoms with Crippen LogP contribution in [0.3, 0.4) is 0 Å². The summed E-state index contributed by atoms with van der Waals surface area (Å²) in [6, 6.07) is 23.7. The van der Waals surface area contributed by atoms with Gasteiger partial charge in [0.2, 0.25) is 0 Å². The summed E-state index contributed by atoms with van der Waals surface area (Å²) in [5.74, 6) is 0.595. The van der Waals surface area contributed by atoms with Gasteiger partial charge in [0.15, 0.2) is 11.6 Å². The van der Waals surface area contributed by atoms with Gasteiger partial charge in [0.1, 0.15) is 12.4 Å². The molecule has 6 rings (SSSR count). The summed E-state index contributed by atoms with van der Waals surface area (Å²) in [5, 5.41) is 0.999. The van der Waals surface area contributed by atoms with E-state index in [1.54, 1.807) is 12.1 Å². The Morgan fingerprint density at radius 3 is 1.86 bits per heavy atom. The van der Waals surface area contributed by atoms with Crippen molar-refractivity contribution in [1.29, 1.82) is 0 Å². The smallest absolute Gasteiger partial charge is 0.162 e. The molecule has 0 bridgehead atoms. The van der Waals surface area contributed by atoms with Crippen LogP contribution >= 0.6 is 23.2 Å². The second-order valence-electron chi connectivity index (χ2n) is 13.7. The van der Waals surface area contributed by atoms with E-state index in [1.807, 2.05) is 48.5 Å². The number of ether oxygens (including phenoxy) is 1. The highest BCUT2D eigenvalue weighted by atomic mass is 35.5. The normalized spacial score (nSPS) is 19.8. The van der Waals surface area contributed by atoms with Gasteiger partial charge in [0.05, 0.1) is 10.0 Å². The maximum Gasteiger partial charge on any atom is 0.162 e. The van der Waals surface area contributed by atoms with E-state index in [4.69, 9.17) is 27.9 Å². The number of rotatable bonds is 6. The third kappa shape index (κ3) is 6.05. The van der Waals surface area contributed by atoms with Gasteiger partial charge >= 0.3 is 0 Å². The van der Waals surface area contributed by atoms with Crippen LogP contribution in [0.15, 0.2) is 95.3 Å². The summed E-state index contributed by atoms with van der Waals surface area (Å²) in [4.78, 5) is 30.4. The average molecular weight is 615 g/mol. The molecule has 3 aromatic carbocycles. The molecule has 6 heteroatoms. The Morgan fingerprint density at radius 2 is 1.30 bits per heavy atom. The van der Waals surface area contributed by atoms with E-state index in [0.717, 1.165) is 52.1 Å². The molecule has 3 aliphatic rings. The predicted molar refractivity (Wildman–Crippen MR) is 172 cm³/mol. The van der Waals surface area contributed by atoms with Crippen LogP contribution in [-0.2, 0) is 22.7 Å². The lowest BCUT2D eigenvalue weighted by atomic mass is 9.63. The first-order valence-electron chi connectivity index (χ1n) is 14.9. The van der Waals surface area contributed by atoms with Crippen LogP contribution in [0.2, 0.25) is 10.0 Å². The Balaban J connectivity index is 1.41. The minimum absolute atomic E-state index is 0.137. The van der Waals surface area contributed by atoms with Crippen LogP contribution in [0, 0.1) is 10.8 Å². The molecule has 3 aromatic rings. The van der Waals surface area contributed by atoms with E-state index in [1.165, 1.54) is 0 Å². The van der Waals surface area contributed by atoms with Crippen LogP contribution in [0.5, 0.6) is 5.75 Å². The van der Waals surface area contributed by atoms with Crippen LogP contribution < -0.4 is 4.74 Å². The van der Waals surface area contributed by atoms with Crippen molar-refractivity contribution in [3.05, 3.63) is 122 Å². The van der Waals surface area contributed by atoms with E-state index in [0.29, 0.717) is 41.8 Å². The molecule has 0 fully saturated rings. The molecule has 0 radical (unpaired) electrons. The van der Waals surface area contributed by atoms with Gasteiger partial charge in [-0.25, -0.2) is 0 Å². The van der Waals surface area contributed by atoms with E-state index < -0.39 is 0 Å². The maximum absolute atomic E-state index is 14.0. The zero-order valence-corrected chi connectivity index (χ0v) is 26.7. The molecule has 1 heterocycles. The van der Waals surface area contributed by atoms with Crippen LogP contribution in [0.4, 0.5) is 0 Å². The number of allylic oxidation sites excluding steroid dienone is 4. The van der Waals surface area contributed by atoms with E-state index in [2.05, 4.69) is 44.7 Å². The lowest BCUT2D eigenvalue weighted by Gasteiger charge is -2.49. The molecule has 0 saturated heterocycles. The number of carbonyl (C=O) groups is 2. The first-order chi connectivity index (χ1) is 20.4. The minimum Gasteiger partial charge on any atom is -0.489 e. The molecular formula is C37H37Cl2NO3. The number of hydrogen-bond acceptors (Lipinski definition) is 4. The van der Waals surface area contributed by atoms with Crippen molar-refractivity contribution in [2.24, 2.45) is 10.8 Å². The van der Waals surface area contributed by atoms with Crippen LogP contribution in [0.1, 0.15) is 76.0 Å². The fourth-order valence-corrected chi connectivity index (χ4v) is 7.21. The number of benzene rings is 3. The molecule has 0 spiro atoms. The van der Waals surface area contributed by atoms with Crippen molar-refractivity contribution >= 4 is 34.8 Å². The highest BCUT2D eigenvalue weighted by molar-refractivity contribution is 6.42. The zero-order valence-electron chi connectivity index (χ0n) is 25.2. The van der Waals surface area contributed by atoms with Crippen LogP contribution in [0.25, 0.3) is 0 Å². The molecular weight excluding hydrogens is 577 g/mol. The second kappa shape index (κ2) is 11.3. The van der Waals surface area contributed by atoms with Gasteiger partial charge in [-0.3, -0.25) is 9.59 Å². The van der Waals surface area contributed by atoms with Crippen molar-refractivity contribution in [3.8, 4) is 5.75 Å². The Labute approximate surface area is 264 Å². The van der Waals surface area contributed by atoms with Crippen molar-refractivity contribution in [2.45, 2.75) is 72.4 Å². The molecule has 2 aliphatic carbocycles. The molecule has 0 saturated carbocycles. The molecule has 4 nitrogen and oxygen atoms in total. The van der Waals surface area contributed by atoms with Crippen molar-refractivity contribution in [3.63, 3.8) is 0 Å². The Morgan fingerprint density at radius 1 is 0.721 bits per heavy atom. The molecule has 0 unspecified atom stereocenters. The van der Waals surface area contributed by atoms with E-state index in [9.17, 15) is 9.59 Å². The molecule has 43 heavy (non-hydrogen) atoms. The third-order valence-electron chi connectivity index (χ3n) is 8.81. The molecule has 222 valence electrons. The number of Topliss-reactive ketones (excluding diaryl/α,β-unsaturated/α-hetero) is 2. The summed E-state index contributed by atoms with van der Waals surface area (Å²) in [5.41, 5.74) is 6.40. The molecule has 0 amide bonds. The van der Waals surface area contributed by atoms with Gasteiger partial charge in [-0.05, 0) is 64.6 Å². The topological polar surface area (TPSA) is 46.6 Å². The van der Waals surface area contributed by atoms with Gasteiger partial charge < -0.3 is 9.64 Å². The Kier molecular flexibility index (Phi) is 7.81. The van der Waals surface area contributed by atoms with Crippen molar-refractivity contribution in [2.75, 3.05) is 0 Å². The number of ketones is 2. The van der Waals surface area contributed by atoms with E-state index >= 15 is 0 Å². The maximum atomic E-state index is 14.0. The largest absolute Gasteiger partial charge is 0.489 e. The van der Waals surface area contributed by atoms with Crippen LogP contribution in [-0.4, -0.2) is 16.5 Å². The number of hydrogen-bond donors (Lipinski definition) is 0. The Hall–Kier alpha value is -3.34. The minimum atomic E-state index is -0.381. The van der Waals surface area contributed by atoms with Gasteiger partial charge in [-0.2, -0.15) is 0 Å². The SMILES string of the molecule is CC1(C)CC(=O)C2=C(C1)N(Cc1ccccc1)C1=C(C(=O)CC(C)(C)C1)C2c1ccc(OCc2ccc(Cl)c(Cl)c2)cc1. The summed E-state index contributed by atoms with van der Waals surface area (Å²) < 4.78 is 6.05. The lowest BCUT2D eigenvalue weighted by molar-refractivity contribution is -0.119. The lowest BCUT2D eigenvalue weighted by Crippen LogP contribution is -2.44. The monoisotopic (exact) mass is 613 g/mol. The quantitative estimate of drug-likeness (QED) is 0.278. The summed E-state index contributed by atoms with van der Waals surface area (Å²) in [6.07, 6.45) is 2.50. The number of nitrogens with zero attached hydrogens (tertiary/aromatic N) is 1. The summed E-state index contributed by atoms with van der Waals surface area (Å²) >= 11 is 12.2. The molecule has 0 N–H and O–H groups in total. The standard InChI is InChI=1S/C37H37Cl2NO3/c1-36(2)17-29-34(31(41)19-36)33(25-11-13-26(14-12-25)43-22-24-10-15-27(38)28(39)16-24)35-30(18-37(3,4)20-32(35)42)40(29)21-23-8-6-5-7-9-23/h5-16,33H,17-22H2,1-4H3. The highest BCUT2D eigenvalue weighted by Gasteiger charge is 2.48. The highest BCUT2D eigenvalue weighted by Crippen LogP contribution is 2.54. The molecule has 1 aliphatic heterocycles. The zero-order chi connectivity index (χ0) is 30.5. The van der Waals surface area contributed by atoms with Gasteiger partial charge in [0.25, 0.3) is 0 Å². The molecule has 0 aromatic heterocycles. The predicted octanol–water partition coefficient (Wildman–Crippen LogP) is 9.46. The first-order valence-corrected chi connectivity index (χ1v) is 15.7. The van der Waals surface area contributed by atoms with Gasteiger partial charge in [-0.1, -0.05) is 99.4 Å². The van der Waals surface area contributed by atoms with E-state index in [-0.39, 0.29) is 28.3 Å². The number of carbonyl (C=O) groups excluding carboxylic acids is 2. The van der Waals surface area contributed by atoms with Gasteiger partial charge in [0, 0.05) is 47.8 Å². The summed E-state index contributed by atoms with van der Waals surface area (Å²) in [6.45, 7) is 9.67.